The van der Waals surface area contributed by atoms with Gasteiger partial charge in [0.1, 0.15) is 0 Å². The average Bonchev–Trinajstić information content (AvgIpc) is 1.84. The van der Waals surface area contributed by atoms with Crippen molar-refractivity contribution in [2.75, 3.05) is 6.54 Å². The molecule has 0 aliphatic heterocycles. The van der Waals surface area contributed by atoms with Crippen molar-refractivity contribution in [3.63, 3.8) is 0 Å². The van der Waals surface area contributed by atoms with E-state index in [1.54, 1.807) is 0 Å². The van der Waals surface area contributed by atoms with E-state index in [1.807, 2.05) is 11.9 Å². The highest BCUT2D eigenvalue weighted by atomic mass is 32.2. The van der Waals surface area contributed by atoms with Gasteiger partial charge in [-0.2, -0.15) is 0 Å². The highest BCUT2D eigenvalue weighted by Gasteiger charge is 2.19. The van der Waals surface area contributed by atoms with Crippen LogP contribution in [-0.2, 0) is 0 Å². The van der Waals surface area contributed by atoms with Crippen molar-refractivity contribution in [1.29, 1.82) is 0 Å². The monoisotopic (exact) mass is 189 g/mol. The van der Waals surface area contributed by atoms with Crippen LogP contribution in [0.3, 0.4) is 0 Å². The SMILES string of the molecule is CC(C)SNCC(C)C(C)(C)C. The minimum atomic E-state index is 0.421. The average molecular weight is 189 g/mol. The zero-order chi connectivity index (χ0) is 9.78. The Morgan fingerprint density at radius 3 is 2.00 bits per heavy atom. The lowest BCUT2D eigenvalue weighted by Crippen LogP contribution is -2.27. The highest BCUT2D eigenvalue weighted by molar-refractivity contribution is 7.97. The first-order valence-corrected chi connectivity index (χ1v) is 5.60. The molecule has 0 aromatic rings. The molecule has 2 heteroatoms. The van der Waals surface area contributed by atoms with E-state index in [0.717, 1.165) is 12.5 Å². The van der Waals surface area contributed by atoms with E-state index < -0.39 is 0 Å². The third-order valence-electron chi connectivity index (χ3n) is 2.19. The van der Waals surface area contributed by atoms with Crippen molar-refractivity contribution in [3.8, 4) is 0 Å². The molecule has 0 radical (unpaired) electrons. The van der Waals surface area contributed by atoms with Crippen molar-refractivity contribution in [1.82, 2.24) is 4.72 Å². The summed E-state index contributed by atoms with van der Waals surface area (Å²) in [6.07, 6.45) is 0. The Morgan fingerprint density at radius 2 is 1.67 bits per heavy atom. The Balaban J connectivity index is 3.51. The number of nitrogens with one attached hydrogen (secondary N) is 1. The van der Waals surface area contributed by atoms with Gasteiger partial charge in [-0.1, -0.05) is 53.5 Å². The van der Waals surface area contributed by atoms with Crippen molar-refractivity contribution in [2.24, 2.45) is 11.3 Å². The fraction of sp³-hybridized carbons (Fsp3) is 1.00. The molecule has 0 aliphatic rings. The maximum Gasteiger partial charge on any atom is 0.0136 e. The van der Waals surface area contributed by atoms with Crippen molar-refractivity contribution in [2.45, 2.75) is 46.8 Å². The quantitative estimate of drug-likeness (QED) is 0.681. The minimum absolute atomic E-state index is 0.421. The molecule has 0 amide bonds. The Bertz CT molecular complexity index is 115. The van der Waals surface area contributed by atoms with Crippen molar-refractivity contribution >= 4 is 11.9 Å². The normalized spacial score (nSPS) is 15.2. The highest BCUT2D eigenvalue weighted by Crippen LogP contribution is 2.24. The van der Waals surface area contributed by atoms with Crippen LogP contribution in [0.1, 0.15) is 41.5 Å². The van der Waals surface area contributed by atoms with Crippen LogP contribution < -0.4 is 4.72 Å². The Hall–Kier alpha value is 0.310. The summed E-state index contributed by atoms with van der Waals surface area (Å²) in [4.78, 5) is 0. The predicted octanol–water partition coefficient (Wildman–Crippen LogP) is 3.31. The molecule has 0 spiro atoms. The third-order valence-corrected chi connectivity index (χ3v) is 2.99. The van der Waals surface area contributed by atoms with Gasteiger partial charge in [0.15, 0.2) is 0 Å². The van der Waals surface area contributed by atoms with Crippen LogP contribution in [0.25, 0.3) is 0 Å². The fourth-order valence-electron chi connectivity index (χ4n) is 0.646. The lowest BCUT2D eigenvalue weighted by Gasteiger charge is -2.27. The molecule has 0 aromatic heterocycles. The molecule has 0 bridgehead atoms. The summed E-state index contributed by atoms with van der Waals surface area (Å²) in [5.41, 5.74) is 0.421. The minimum Gasteiger partial charge on any atom is -0.264 e. The zero-order valence-corrected chi connectivity index (χ0v) is 10.1. The van der Waals surface area contributed by atoms with E-state index in [9.17, 15) is 0 Å². The van der Waals surface area contributed by atoms with Gasteiger partial charge in [-0.15, -0.1) is 0 Å². The summed E-state index contributed by atoms with van der Waals surface area (Å²) < 4.78 is 3.41. The first-order chi connectivity index (χ1) is 5.34. The predicted molar refractivity (Wildman–Crippen MR) is 59.3 cm³/mol. The summed E-state index contributed by atoms with van der Waals surface area (Å²) >= 11 is 1.83. The lowest BCUT2D eigenvalue weighted by molar-refractivity contribution is 0.264. The Morgan fingerprint density at radius 1 is 1.17 bits per heavy atom. The van der Waals surface area contributed by atoms with Gasteiger partial charge in [0.2, 0.25) is 0 Å². The lowest BCUT2D eigenvalue weighted by atomic mass is 9.82. The van der Waals surface area contributed by atoms with Crippen LogP contribution in [0.5, 0.6) is 0 Å². The molecule has 0 rings (SSSR count). The van der Waals surface area contributed by atoms with E-state index >= 15 is 0 Å². The summed E-state index contributed by atoms with van der Waals surface area (Å²) in [5.74, 6) is 0.726. The fourth-order valence-corrected chi connectivity index (χ4v) is 1.33. The molecule has 0 heterocycles. The molecule has 0 saturated carbocycles. The van der Waals surface area contributed by atoms with Crippen LogP contribution in [0.2, 0.25) is 0 Å². The van der Waals surface area contributed by atoms with E-state index in [1.165, 1.54) is 0 Å². The van der Waals surface area contributed by atoms with Crippen molar-refractivity contribution < 1.29 is 0 Å². The molecule has 1 nitrogen and oxygen atoms in total. The second kappa shape index (κ2) is 5.13. The van der Waals surface area contributed by atoms with E-state index in [2.05, 4.69) is 46.3 Å². The molecule has 74 valence electrons. The third kappa shape index (κ3) is 5.90. The van der Waals surface area contributed by atoms with Crippen LogP contribution in [0.15, 0.2) is 0 Å². The maximum absolute atomic E-state index is 3.41. The summed E-state index contributed by atoms with van der Waals surface area (Å²) in [5, 5.41) is 0.678. The van der Waals surface area contributed by atoms with Gasteiger partial charge in [-0.25, -0.2) is 0 Å². The molecule has 0 saturated heterocycles. The molecule has 0 fully saturated rings. The Labute approximate surface area is 81.8 Å². The number of hydrogen-bond donors (Lipinski definition) is 1. The second-order valence-corrected chi connectivity index (χ2v) is 6.25. The smallest absolute Gasteiger partial charge is 0.0136 e. The van der Waals surface area contributed by atoms with Gasteiger partial charge in [0.25, 0.3) is 0 Å². The molecule has 0 aromatic carbocycles. The van der Waals surface area contributed by atoms with Gasteiger partial charge in [-0.05, 0) is 11.3 Å². The van der Waals surface area contributed by atoms with E-state index in [-0.39, 0.29) is 0 Å². The summed E-state index contributed by atoms with van der Waals surface area (Å²) in [6.45, 7) is 14.7. The van der Waals surface area contributed by atoms with Gasteiger partial charge < -0.3 is 0 Å². The van der Waals surface area contributed by atoms with Crippen molar-refractivity contribution in [3.05, 3.63) is 0 Å². The summed E-state index contributed by atoms with van der Waals surface area (Å²) in [6, 6.07) is 0. The number of rotatable bonds is 4. The van der Waals surface area contributed by atoms with E-state index in [0.29, 0.717) is 10.7 Å². The molecule has 1 atom stereocenters. The first kappa shape index (κ1) is 12.3. The molecule has 12 heavy (non-hydrogen) atoms. The van der Waals surface area contributed by atoms with Crippen LogP contribution >= 0.6 is 11.9 Å². The van der Waals surface area contributed by atoms with E-state index in [4.69, 9.17) is 0 Å². The first-order valence-electron chi connectivity index (χ1n) is 4.72. The largest absolute Gasteiger partial charge is 0.264 e. The molecule has 0 aliphatic carbocycles. The number of hydrogen-bond acceptors (Lipinski definition) is 2. The second-order valence-electron chi connectivity index (χ2n) is 4.78. The standard InChI is InChI=1S/C10H23NS/c1-8(2)12-11-7-9(3)10(4,5)6/h8-9,11H,7H2,1-6H3. The summed E-state index contributed by atoms with van der Waals surface area (Å²) in [7, 11) is 0. The molecule has 1 N–H and O–H groups in total. The maximum atomic E-state index is 3.41. The van der Waals surface area contributed by atoms with Gasteiger partial charge >= 0.3 is 0 Å². The van der Waals surface area contributed by atoms with Crippen LogP contribution in [0, 0.1) is 11.3 Å². The zero-order valence-electron chi connectivity index (χ0n) is 9.27. The molecular weight excluding hydrogens is 166 g/mol. The molecular formula is C10H23NS. The topological polar surface area (TPSA) is 12.0 Å². The van der Waals surface area contributed by atoms with Gasteiger partial charge in [-0.3, -0.25) is 4.72 Å². The van der Waals surface area contributed by atoms with Crippen LogP contribution in [0.4, 0.5) is 0 Å². The van der Waals surface area contributed by atoms with Gasteiger partial charge in [0.05, 0.1) is 0 Å². The van der Waals surface area contributed by atoms with Crippen LogP contribution in [-0.4, -0.2) is 11.8 Å². The molecule has 1 unspecified atom stereocenters. The van der Waals surface area contributed by atoms with Gasteiger partial charge in [0, 0.05) is 11.8 Å². The Kier molecular flexibility index (Phi) is 5.26.